The summed E-state index contributed by atoms with van der Waals surface area (Å²) in [5, 5.41) is 4.70. The standard InChI is InChI=1S/C23H41AsO2/c1-5-9-18-24(19-10-6-2,20-11-7-3,21-12-8-4)26-23(25)22-16-14-13-15-17-22/h13-17H,5-12,18-21H2,1-4H3. The second-order valence-electron chi connectivity index (χ2n) is 7.91. The summed E-state index contributed by atoms with van der Waals surface area (Å²) in [4.78, 5) is 13.1. The first-order valence-corrected chi connectivity index (χ1v) is 16.9. The van der Waals surface area contributed by atoms with Crippen molar-refractivity contribution in [2.45, 2.75) is 99.9 Å². The van der Waals surface area contributed by atoms with Crippen LogP contribution in [0.2, 0.25) is 20.8 Å². The molecule has 0 aliphatic heterocycles. The minimum absolute atomic E-state index is 0.0592. The van der Waals surface area contributed by atoms with Crippen molar-refractivity contribution in [1.82, 2.24) is 0 Å². The molecule has 0 N–H and O–H groups in total. The van der Waals surface area contributed by atoms with E-state index in [2.05, 4.69) is 27.7 Å². The molecule has 3 heteroatoms. The van der Waals surface area contributed by atoms with Crippen molar-refractivity contribution in [2.75, 3.05) is 0 Å². The number of hydrogen-bond donors (Lipinski definition) is 0. The van der Waals surface area contributed by atoms with Gasteiger partial charge in [-0.2, -0.15) is 0 Å². The predicted molar refractivity (Wildman–Crippen MR) is 116 cm³/mol. The van der Waals surface area contributed by atoms with Crippen LogP contribution in [0.5, 0.6) is 0 Å². The van der Waals surface area contributed by atoms with Crippen LogP contribution in [-0.2, 0) is 3.73 Å². The summed E-state index contributed by atoms with van der Waals surface area (Å²) < 4.78 is 6.76. The Morgan fingerprint density at radius 1 is 0.731 bits per heavy atom. The van der Waals surface area contributed by atoms with E-state index in [0.29, 0.717) is 0 Å². The molecular formula is C23H41AsO2. The predicted octanol–water partition coefficient (Wildman–Crippen LogP) is 7.94. The molecule has 1 aromatic carbocycles. The van der Waals surface area contributed by atoms with Crippen LogP contribution in [0.4, 0.5) is 0 Å². The number of rotatable bonds is 14. The first kappa shape index (κ1) is 23.3. The maximum atomic E-state index is 13.1. The zero-order valence-corrected chi connectivity index (χ0v) is 19.5. The Bertz CT molecular complexity index is 469. The number of benzene rings is 1. The van der Waals surface area contributed by atoms with Crippen LogP contribution >= 0.6 is 0 Å². The van der Waals surface area contributed by atoms with Gasteiger partial charge in [0, 0.05) is 0 Å². The molecule has 0 radical (unpaired) electrons. The minimum atomic E-state index is -3.20. The molecule has 26 heavy (non-hydrogen) atoms. The molecule has 150 valence electrons. The fourth-order valence-electron chi connectivity index (χ4n) is 3.95. The Hall–Kier alpha value is -0.752. The Kier molecular flexibility index (Phi) is 10.6. The van der Waals surface area contributed by atoms with Crippen LogP contribution in [0.1, 0.15) is 89.4 Å². The van der Waals surface area contributed by atoms with Gasteiger partial charge in [0.25, 0.3) is 0 Å². The van der Waals surface area contributed by atoms with Gasteiger partial charge in [0.1, 0.15) is 0 Å². The van der Waals surface area contributed by atoms with Crippen molar-refractivity contribution in [3.8, 4) is 0 Å². The number of carbonyl (C=O) groups is 1. The van der Waals surface area contributed by atoms with Crippen LogP contribution in [0, 0.1) is 0 Å². The zero-order chi connectivity index (χ0) is 19.3. The van der Waals surface area contributed by atoms with Gasteiger partial charge in [-0.05, 0) is 0 Å². The summed E-state index contributed by atoms with van der Waals surface area (Å²) in [5.74, 6) is -0.0592. The van der Waals surface area contributed by atoms with Gasteiger partial charge in [0.2, 0.25) is 0 Å². The molecule has 0 spiro atoms. The van der Waals surface area contributed by atoms with Crippen molar-refractivity contribution >= 4 is 18.8 Å². The van der Waals surface area contributed by atoms with E-state index in [-0.39, 0.29) is 5.97 Å². The molecule has 0 bridgehead atoms. The average molecular weight is 425 g/mol. The fraction of sp³-hybridized carbons (Fsp3) is 0.696. The number of carbonyl (C=O) groups excluding carboxylic acids is 1. The molecule has 0 aromatic heterocycles. The molecule has 0 heterocycles. The van der Waals surface area contributed by atoms with Gasteiger partial charge in [0.05, 0.1) is 0 Å². The summed E-state index contributed by atoms with van der Waals surface area (Å²) in [6, 6.07) is 9.64. The van der Waals surface area contributed by atoms with Gasteiger partial charge < -0.3 is 0 Å². The van der Waals surface area contributed by atoms with Crippen molar-refractivity contribution in [2.24, 2.45) is 0 Å². The molecule has 1 aromatic rings. The third-order valence-corrected chi connectivity index (χ3v) is 19.2. The zero-order valence-electron chi connectivity index (χ0n) is 17.6. The van der Waals surface area contributed by atoms with Gasteiger partial charge in [-0.15, -0.1) is 0 Å². The molecule has 0 amide bonds. The quantitative estimate of drug-likeness (QED) is 0.283. The van der Waals surface area contributed by atoms with E-state index < -0.39 is 12.8 Å². The first-order valence-electron chi connectivity index (χ1n) is 10.8. The van der Waals surface area contributed by atoms with E-state index >= 15 is 0 Å². The molecular weight excluding hydrogens is 383 g/mol. The normalized spacial score (nSPS) is 13.2. The van der Waals surface area contributed by atoms with Crippen LogP contribution in [-0.4, -0.2) is 18.8 Å². The second-order valence-corrected chi connectivity index (χ2v) is 19.8. The first-order chi connectivity index (χ1) is 12.5. The third-order valence-electron chi connectivity index (χ3n) is 5.66. The van der Waals surface area contributed by atoms with Crippen LogP contribution in [0.15, 0.2) is 30.3 Å². The maximum absolute atomic E-state index is 13.1. The molecule has 0 aliphatic rings. The summed E-state index contributed by atoms with van der Waals surface area (Å²) in [6.07, 6.45) is 9.53. The fourth-order valence-corrected chi connectivity index (χ4v) is 18.1. The molecule has 0 aliphatic carbocycles. The van der Waals surface area contributed by atoms with Crippen molar-refractivity contribution < 1.29 is 8.52 Å². The summed E-state index contributed by atoms with van der Waals surface area (Å²) in [7, 11) is 0. The average Bonchev–Trinajstić information content (AvgIpc) is 2.69. The topological polar surface area (TPSA) is 26.3 Å². The molecule has 0 atom stereocenters. The van der Waals surface area contributed by atoms with E-state index in [0.717, 1.165) is 5.56 Å². The van der Waals surface area contributed by atoms with Gasteiger partial charge >= 0.3 is 163 Å². The van der Waals surface area contributed by atoms with Gasteiger partial charge in [-0.25, -0.2) is 0 Å². The van der Waals surface area contributed by atoms with Crippen molar-refractivity contribution in [3.63, 3.8) is 0 Å². The molecule has 0 unspecified atom stereocenters. The number of unbranched alkanes of at least 4 members (excludes halogenated alkanes) is 4. The summed E-state index contributed by atoms with van der Waals surface area (Å²) in [6.45, 7) is 9.05. The number of hydrogen-bond acceptors (Lipinski definition) is 2. The molecule has 1 rings (SSSR count). The van der Waals surface area contributed by atoms with E-state index in [1.54, 1.807) is 0 Å². The van der Waals surface area contributed by atoms with Crippen molar-refractivity contribution in [3.05, 3.63) is 35.9 Å². The van der Waals surface area contributed by atoms with Crippen LogP contribution < -0.4 is 0 Å². The SMILES string of the molecule is CCCC[As](CCCC)(CCCC)(CCCC)OC(=O)c1ccccc1. The van der Waals surface area contributed by atoms with Gasteiger partial charge in [-0.3, -0.25) is 0 Å². The van der Waals surface area contributed by atoms with E-state index in [1.165, 1.54) is 72.2 Å². The van der Waals surface area contributed by atoms with E-state index in [1.807, 2.05) is 30.3 Å². The Morgan fingerprint density at radius 3 is 1.46 bits per heavy atom. The van der Waals surface area contributed by atoms with Gasteiger partial charge in [0.15, 0.2) is 0 Å². The second kappa shape index (κ2) is 11.9. The summed E-state index contributed by atoms with van der Waals surface area (Å²) >= 11 is -3.20. The van der Waals surface area contributed by atoms with E-state index in [9.17, 15) is 4.79 Å². The van der Waals surface area contributed by atoms with Crippen molar-refractivity contribution in [1.29, 1.82) is 0 Å². The monoisotopic (exact) mass is 424 g/mol. The Balaban J connectivity index is 3.27. The van der Waals surface area contributed by atoms with E-state index in [4.69, 9.17) is 3.73 Å². The van der Waals surface area contributed by atoms with Gasteiger partial charge in [-0.1, -0.05) is 0 Å². The summed E-state index contributed by atoms with van der Waals surface area (Å²) in [5.41, 5.74) is 0.723. The molecule has 2 nitrogen and oxygen atoms in total. The molecule has 0 fully saturated rings. The van der Waals surface area contributed by atoms with Crippen LogP contribution in [0.3, 0.4) is 0 Å². The van der Waals surface area contributed by atoms with Crippen LogP contribution in [0.25, 0.3) is 0 Å². The molecule has 0 saturated heterocycles. The third kappa shape index (κ3) is 6.76. The Labute approximate surface area is 163 Å². The Morgan fingerprint density at radius 2 is 1.12 bits per heavy atom. The molecule has 0 saturated carbocycles.